The van der Waals surface area contributed by atoms with E-state index < -0.39 is 5.92 Å². The van der Waals surface area contributed by atoms with Gasteiger partial charge in [-0.05, 0) is 18.2 Å². The number of para-hydroxylation sites is 1. The van der Waals surface area contributed by atoms with Gasteiger partial charge < -0.3 is 10.2 Å². The van der Waals surface area contributed by atoms with E-state index in [1.54, 1.807) is 24.3 Å². The summed E-state index contributed by atoms with van der Waals surface area (Å²) in [5.74, 6) is -3.11. The Bertz CT molecular complexity index is 716. The Labute approximate surface area is 108 Å². The molecule has 2 nitrogen and oxygen atoms in total. The topological polar surface area (TPSA) is 39.2 Å². The van der Waals surface area contributed by atoms with Crippen molar-refractivity contribution < 1.29 is 13.2 Å². The quantitative estimate of drug-likeness (QED) is 0.702. The first-order valence-electron chi connectivity index (χ1n) is 5.79. The van der Waals surface area contributed by atoms with Crippen LogP contribution in [-0.4, -0.2) is 0 Å². The molecule has 0 spiro atoms. The summed E-state index contributed by atoms with van der Waals surface area (Å²) in [6.45, 7) is 0. The molecule has 0 aliphatic carbocycles. The summed E-state index contributed by atoms with van der Waals surface area (Å²) in [6.07, 6.45) is 1.11. The SMILES string of the molecule is Nc1ccc(C(F)(F)c2coc3ccccc23)cc1. The van der Waals surface area contributed by atoms with Crippen molar-refractivity contribution in [1.29, 1.82) is 0 Å². The fourth-order valence-electron chi connectivity index (χ4n) is 2.07. The maximum atomic E-state index is 14.5. The van der Waals surface area contributed by atoms with Gasteiger partial charge in [0.15, 0.2) is 0 Å². The van der Waals surface area contributed by atoms with Crippen molar-refractivity contribution in [2.24, 2.45) is 0 Å². The number of rotatable bonds is 2. The standard InChI is InChI=1S/C15H11F2NO/c16-15(17,10-5-7-11(18)8-6-10)13-9-19-14-4-2-1-3-12(13)14/h1-9H,18H2. The summed E-state index contributed by atoms with van der Waals surface area (Å²) < 4.78 is 34.1. The minimum atomic E-state index is -3.11. The highest BCUT2D eigenvalue weighted by Gasteiger charge is 2.37. The lowest BCUT2D eigenvalue weighted by molar-refractivity contribution is 0.0436. The number of hydrogen-bond acceptors (Lipinski definition) is 2. The van der Waals surface area contributed by atoms with Crippen molar-refractivity contribution in [1.82, 2.24) is 0 Å². The van der Waals surface area contributed by atoms with Gasteiger partial charge in [-0.1, -0.05) is 30.3 Å². The Morgan fingerprint density at radius 1 is 0.947 bits per heavy atom. The molecule has 0 aliphatic rings. The first-order chi connectivity index (χ1) is 9.09. The molecule has 0 amide bonds. The van der Waals surface area contributed by atoms with Gasteiger partial charge in [0.2, 0.25) is 0 Å². The Morgan fingerprint density at radius 3 is 2.37 bits per heavy atom. The molecule has 0 saturated carbocycles. The third-order valence-corrected chi connectivity index (χ3v) is 3.09. The number of halogens is 2. The minimum Gasteiger partial charge on any atom is -0.464 e. The largest absolute Gasteiger partial charge is 0.464 e. The van der Waals surface area contributed by atoms with E-state index in [9.17, 15) is 8.78 Å². The second-order valence-corrected chi connectivity index (χ2v) is 4.34. The van der Waals surface area contributed by atoms with Gasteiger partial charge in [-0.2, -0.15) is 8.78 Å². The molecule has 1 aromatic heterocycles. The number of nitrogen functional groups attached to an aromatic ring is 1. The molecule has 96 valence electrons. The highest BCUT2D eigenvalue weighted by Crippen LogP contribution is 2.40. The number of nitrogens with two attached hydrogens (primary N) is 1. The summed E-state index contributed by atoms with van der Waals surface area (Å²) >= 11 is 0. The molecule has 3 aromatic rings. The lowest BCUT2D eigenvalue weighted by atomic mass is 9.99. The van der Waals surface area contributed by atoms with Crippen molar-refractivity contribution in [2.75, 3.05) is 5.73 Å². The first kappa shape index (κ1) is 11.7. The smallest absolute Gasteiger partial charge is 0.302 e. The first-order valence-corrected chi connectivity index (χ1v) is 5.79. The average molecular weight is 259 g/mol. The van der Waals surface area contributed by atoms with E-state index >= 15 is 0 Å². The van der Waals surface area contributed by atoms with E-state index in [1.165, 1.54) is 24.3 Å². The van der Waals surface area contributed by atoms with E-state index in [4.69, 9.17) is 10.2 Å². The number of hydrogen-bond donors (Lipinski definition) is 1. The number of alkyl halides is 2. The van der Waals surface area contributed by atoms with Crippen molar-refractivity contribution in [2.45, 2.75) is 5.92 Å². The van der Waals surface area contributed by atoms with Crippen LogP contribution in [0.1, 0.15) is 11.1 Å². The van der Waals surface area contributed by atoms with Gasteiger partial charge in [0.05, 0.1) is 5.56 Å². The highest BCUT2D eigenvalue weighted by molar-refractivity contribution is 5.82. The molecular formula is C15H11F2NO. The van der Waals surface area contributed by atoms with Gasteiger partial charge in [-0.15, -0.1) is 0 Å². The normalized spacial score (nSPS) is 11.9. The van der Waals surface area contributed by atoms with E-state index in [0.717, 1.165) is 6.26 Å². The van der Waals surface area contributed by atoms with Gasteiger partial charge in [-0.25, -0.2) is 0 Å². The maximum absolute atomic E-state index is 14.5. The second kappa shape index (κ2) is 4.09. The van der Waals surface area contributed by atoms with Crippen LogP contribution in [0.2, 0.25) is 0 Å². The Balaban J connectivity index is 2.16. The molecule has 0 saturated heterocycles. The van der Waals surface area contributed by atoms with Gasteiger partial charge in [0, 0.05) is 16.6 Å². The monoisotopic (exact) mass is 259 g/mol. The van der Waals surface area contributed by atoms with Gasteiger partial charge >= 0.3 is 5.92 Å². The molecule has 2 N–H and O–H groups in total. The molecule has 3 rings (SSSR count). The molecule has 0 unspecified atom stereocenters. The number of furan rings is 1. The molecule has 0 atom stereocenters. The van der Waals surface area contributed by atoms with Crippen molar-refractivity contribution in [3.63, 3.8) is 0 Å². The van der Waals surface area contributed by atoms with E-state index in [-0.39, 0.29) is 11.1 Å². The minimum absolute atomic E-state index is 0.103. The van der Waals surface area contributed by atoms with Crippen molar-refractivity contribution in [3.05, 3.63) is 65.9 Å². The van der Waals surface area contributed by atoms with Gasteiger partial charge in [0.25, 0.3) is 0 Å². The summed E-state index contributed by atoms with van der Waals surface area (Å²) in [4.78, 5) is 0. The second-order valence-electron chi connectivity index (χ2n) is 4.34. The fourth-order valence-corrected chi connectivity index (χ4v) is 2.07. The Kier molecular flexibility index (Phi) is 2.52. The van der Waals surface area contributed by atoms with Crippen LogP contribution in [0.4, 0.5) is 14.5 Å². The highest BCUT2D eigenvalue weighted by atomic mass is 19.3. The van der Waals surface area contributed by atoms with Crippen LogP contribution in [0, 0.1) is 0 Å². The molecule has 2 aromatic carbocycles. The van der Waals surface area contributed by atoms with Crippen LogP contribution in [0.25, 0.3) is 11.0 Å². The van der Waals surface area contributed by atoms with Crippen LogP contribution < -0.4 is 5.73 Å². The van der Waals surface area contributed by atoms with Crippen LogP contribution in [0.5, 0.6) is 0 Å². The maximum Gasteiger partial charge on any atom is 0.302 e. The van der Waals surface area contributed by atoms with Crippen molar-refractivity contribution in [3.8, 4) is 0 Å². The predicted octanol–water partition coefficient (Wildman–Crippen LogP) is 4.16. The molecule has 0 radical (unpaired) electrons. The molecule has 0 bridgehead atoms. The van der Waals surface area contributed by atoms with Crippen LogP contribution >= 0.6 is 0 Å². The van der Waals surface area contributed by atoms with E-state index in [0.29, 0.717) is 16.7 Å². The average Bonchev–Trinajstić information content (AvgIpc) is 2.83. The lowest BCUT2D eigenvalue weighted by Gasteiger charge is -2.15. The van der Waals surface area contributed by atoms with Gasteiger partial charge in [-0.3, -0.25) is 0 Å². The zero-order valence-electron chi connectivity index (χ0n) is 9.94. The van der Waals surface area contributed by atoms with Crippen LogP contribution in [-0.2, 0) is 5.92 Å². The van der Waals surface area contributed by atoms with E-state index in [1.807, 2.05) is 0 Å². The summed E-state index contributed by atoms with van der Waals surface area (Å²) in [5, 5.41) is 0.421. The van der Waals surface area contributed by atoms with Gasteiger partial charge in [0.1, 0.15) is 11.8 Å². The van der Waals surface area contributed by atoms with E-state index in [2.05, 4.69) is 0 Å². The van der Waals surface area contributed by atoms with Crippen molar-refractivity contribution >= 4 is 16.7 Å². The third-order valence-electron chi connectivity index (χ3n) is 3.09. The molecule has 0 aliphatic heterocycles. The molecule has 19 heavy (non-hydrogen) atoms. The zero-order chi connectivity index (χ0) is 13.5. The number of fused-ring (bicyclic) bond motifs is 1. The summed E-state index contributed by atoms with van der Waals surface area (Å²) in [7, 11) is 0. The Morgan fingerprint density at radius 2 is 1.63 bits per heavy atom. The number of benzene rings is 2. The van der Waals surface area contributed by atoms with Crippen LogP contribution in [0.15, 0.2) is 59.2 Å². The zero-order valence-corrected chi connectivity index (χ0v) is 9.94. The summed E-state index contributed by atoms with van der Waals surface area (Å²) in [5.41, 5.74) is 6.19. The lowest BCUT2D eigenvalue weighted by Crippen LogP contribution is -2.14. The fraction of sp³-hybridized carbons (Fsp3) is 0.0667. The Hall–Kier alpha value is -2.36. The predicted molar refractivity (Wildman–Crippen MR) is 70.1 cm³/mol. The third kappa shape index (κ3) is 1.85. The summed E-state index contributed by atoms with van der Waals surface area (Å²) in [6, 6.07) is 12.3. The molecule has 1 heterocycles. The van der Waals surface area contributed by atoms with Crippen LogP contribution in [0.3, 0.4) is 0 Å². The molecule has 0 fully saturated rings. The molecule has 4 heteroatoms. The number of anilines is 1. The molecular weight excluding hydrogens is 248 g/mol.